The Morgan fingerprint density at radius 3 is 3.19 bits per heavy atom. The van der Waals surface area contributed by atoms with Gasteiger partial charge in [0.25, 0.3) is 0 Å². The lowest BCUT2D eigenvalue weighted by atomic mass is 10.2. The number of thiophene rings is 1. The summed E-state index contributed by atoms with van der Waals surface area (Å²) in [6.07, 6.45) is 0. The van der Waals surface area contributed by atoms with Crippen molar-refractivity contribution in [2.45, 2.75) is 19.0 Å². The van der Waals surface area contributed by atoms with Gasteiger partial charge in [-0.05, 0) is 18.4 Å². The summed E-state index contributed by atoms with van der Waals surface area (Å²) in [5.41, 5.74) is 0. The second-order valence-electron chi connectivity index (χ2n) is 3.83. The van der Waals surface area contributed by atoms with Gasteiger partial charge in [-0.2, -0.15) is 11.8 Å². The van der Waals surface area contributed by atoms with Gasteiger partial charge in [-0.3, -0.25) is 4.79 Å². The maximum atomic E-state index is 11.9. The van der Waals surface area contributed by atoms with Crippen molar-refractivity contribution in [3.05, 3.63) is 22.4 Å². The first-order valence-electron chi connectivity index (χ1n) is 5.42. The van der Waals surface area contributed by atoms with Crippen LogP contribution in [0.3, 0.4) is 0 Å². The van der Waals surface area contributed by atoms with Gasteiger partial charge < -0.3 is 10.6 Å². The van der Waals surface area contributed by atoms with Gasteiger partial charge in [-0.15, -0.1) is 11.3 Å². The molecule has 0 radical (unpaired) electrons. The molecule has 1 amide bonds. The maximum absolute atomic E-state index is 11.9. The monoisotopic (exact) mass is 256 g/mol. The zero-order chi connectivity index (χ0) is 11.4. The second kappa shape index (κ2) is 5.70. The molecule has 2 heterocycles. The van der Waals surface area contributed by atoms with Crippen molar-refractivity contribution in [3.8, 4) is 0 Å². The van der Waals surface area contributed by atoms with Crippen LogP contribution in [-0.2, 0) is 4.79 Å². The molecular weight excluding hydrogens is 240 g/mol. The van der Waals surface area contributed by atoms with Crippen LogP contribution in [0.5, 0.6) is 0 Å². The SMILES string of the molecule is CC(NC(=O)C1CSCCN1)c1cccs1. The van der Waals surface area contributed by atoms with Gasteiger partial charge in [0.2, 0.25) is 5.91 Å². The number of carbonyl (C=O) groups is 1. The van der Waals surface area contributed by atoms with E-state index in [4.69, 9.17) is 0 Å². The number of amides is 1. The normalized spacial score (nSPS) is 22.7. The van der Waals surface area contributed by atoms with Crippen LogP contribution in [0, 0.1) is 0 Å². The number of hydrogen-bond donors (Lipinski definition) is 2. The zero-order valence-corrected chi connectivity index (χ0v) is 10.9. The van der Waals surface area contributed by atoms with Gasteiger partial charge in [-0.25, -0.2) is 0 Å². The average molecular weight is 256 g/mol. The van der Waals surface area contributed by atoms with Crippen LogP contribution in [0.2, 0.25) is 0 Å². The van der Waals surface area contributed by atoms with Gasteiger partial charge in [0.05, 0.1) is 12.1 Å². The molecule has 1 aliphatic rings. The van der Waals surface area contributed by atoms with E-state index in [9.17, 15) is 4.79 Å². The minimum Gasteiger partial charge on any atom is -0.347 e. The highest BCUT2D eigenvalue weighted by molar-refractivity contribution is 7.99. The van der Waals surface area contributed by atoms with Gasteiger partial charge >= 0.3 is 0 Å². The predicted octanol–water partition coefficient (Wildman–Crippen LogP) is 1.63. The largest absolute Gasteiger partial charge is 0.347 e. The minimum absolute atomic E-state index is 0.0267. The molecule has 2 unspecified atom stereocenters. The fourth-order valence-corrected chi connectivity index (χ4v) is 3.32. The molecule has 2 rings (SSSR count). The lowest BCUT2D eigenvalue weighted by molar-refractivity contribution is -0.123. The molecule has 0 aliphatic carbocycles. The van der Waals surface area contributed by atoms with Crippen molar-refractivity contribution in [2.24, 2.45) is 0 Å². The van der Waals surface area contributed by atoms with E-state index in [1.165, 1.54) is 4.88 Å². The summed E-state index contributed by atoms with van der Waals surface area (Å²) in [6.45, 7) is 2.95. The van der Waals surface area contributed by atoms with Crippen LogP contribution in [0.1, 0.15) is 17.8 Å². The molecule has 1 aromatic rings. The molecule has 2 atom stereocenters. The van der Waals surface area contributed by atoms with E-state index in [1.54, 1.807) is 11.3 Å². The highest BCUT2D eigenvalue weighted by Crippen LogP contribution is 2.18. The van der Waals surface area contributed by atoms with Crippen LogP contribution in [0.25, 0.3) is 0 Å². The third kappa shape index (κ3) is 2.99. The first kappa shape index (κ1) is 12.0. The van der Waals surface area contributed by atoms with E-state index < -0.39 is 0 Å². The van der Waals surface area contributed by atoms with E-state index in [1.807, 2.05) is 30.1 Å². The van der Waals surface area contributed by atoms with Crippen LogP contribution in [0.4, 0.5) is 0 Å². The summed E-state index contributed by atoms with van der Waals surface area (Å²) in [5, 5.41) is 8.32. The molecule has 1 fully saturated rings. The second-order valence-corrected chi connectivity index (χ2v) is 5.96. The fourth-order valence-electron chi connectivity index (χ4n) is 1.66. The van der Waals surface area contributed by atoms with Crippen LogP contribution < -0.4 is 10.6 Å². The Balaban J connectivity index is 1.86. The first-order valence-corrected chi connectivity index (χ1v) is 7.45. The molecule has 3 nitrogen and oxygen atoms in total. The van der Waals surface area contributed by atoms with Crippen LogP contribution in [-0.4, -0.2) is 30.0 Å². The Bertz CT molecular complexity index is 334. The fraction of sp³-hybridized carbons (Fsp3) is 0.545. The van der Waals surface area contributed by atoms with Crippen molar-refractivity contribution in [3.63, 3.8) is 0 Å². The van der Waals surface area contributed by atoms with E-state index in [2.05, 4.69) is 16.7 Å². The topological polar surface area (TPSA) is 41.1 Å². The van der Waals surface area contributed by atoms with Crippen molar-refractivity contribution >= 4 is 29.0 Å². The predicted molar refractivity (Wildman–Crippen MR) is 70.0 cm³/mol. The molecule has 16 heavy (non-hydrogen) atoms. The molecule has 0 spiro atoms. The number of nitrogens with one attached hydrogen (secondary N) is 2. The Kier molecular flexibility index (Phi) is 4.26. The molecule has 1 aliphatic heterocycles. The molecule has 0 aromatic carbocycles. The quantitative estimate of drug-likeness (QED) is 0.863. The lowest BCUT2D eigenvalue weighted by Gasteiger charge is -2.24. The number of carbonyl (C=O) groups excluding carboxylic acids is 1. The van der Waals surface area contributed by atoms with E-state index >= 15 is 0 Å². The summed E-state index contributed by atoms with van der Waals surface area (Å²) >= 11 is 3.51. The Morgan fingerprint density at radius 2 is 2.56 bits per heavy atom. The van der Waals surface area contributed by atoms with E-state index in [0.29, 0.717) is 0 Å². The molecular formula is C11H16N2OS2. The summed E-state index contributed by atoms with van der Waals surface area (Å²) in [4.78, 5) is 13.1. The highest BCUT2D eigenvalue weighted by atomic mass is 32.2. The van der Waals surface area contributed by atoms with Crippen molar-refractivity contribution in [2.75, 3.05) is 18.1 Å². The number of rotatable bonds is 3. The Labute approximate surface area is 104 Å². The zero-order valence-electron chi connectivity index (χ0n) is 9.23. The molecule has 88 valence electrons. The molecule has 2 N–H and O–H groups in total. The number of thioether (sulfide) groups is 1. The smallest absolute Gasteiger partial charge is 0.238 e. The van der Waals surface area contributed by atoms with Gasteiger partial charge in [0, 0.05) is 22.9 Å². The average Bonchev–Trinajstić information content (AvgIpc) is 2.83. The summed E-state index contributed by atoms with van der Waals surface area (Å²) < 4.78 is 0. The van der Waals surface area contributed by atoms with Gasteiger partial charge in [0.1, 0.15) is 0 Å². The molecule has 1 aromatic heterocycles. The standard InChI is InChI=1S/C11H16N2OS2/c1-8(10-3-2-5-16-10)13-11(14)9-7-15-6-4-12-9/h2-3,5,8-9,12H,4,6-7H2,1H3,(H,13,14). The highest BCUT2D eigenvalue weighted by Gasteiger charge is 2.22. The summed E-state index contributed by atoms with van der Waals surface area (Å²) in [6, 6.07) is 4.15. The first-order chi connectivity index (χ1) is 7.77. The third-order valence-electron chi connectivity index (χ3n) is 2.57. The van der Waals surface area contributed by atoms with Crippen molar-refractivity contribution < 1.29 is 4.79 Å². The van der Waals surface area contributed by atoms with Crippen molar-refractivity contribution in [1.29, 1.82) is 0 Å². The van der Waals surface area contributed by atoms with E-state index in [-0.39, 0.29) is 18.0 Å². The summed E-state index contributed by atoms with van der Waals surface area (Å²) in [7, 11) is 0. The maximum Gasteiger partial charge on any atom is 0.238 e. The molecule has 1 saturated heterocycles. The van der Waals surface area contributed by atoms with E-state index in [0.717, 1.165) is 18.1 Å². The minimum atomic E-state index is -0.0267. The lowest BCUT2D eigenvalue weighted by Crippen LogP contribution is -2.49. The Hall–Kier alpha value is -0.520. The summed E-state index contributed by atoms with van der Waals surface area (Å²) in [5.74, 6) is 2.10. The molecule has 0 bridgehead atoms. The Morgan fingerprint density at radius 1 is 1.69 bits per heavy atom. The van der Waals surface area contributed by atoms with Gasteiger partial charge in [0.15, 0.2) is 0 Å². The van der Waals surface area contributed by atoms with Crippen LogP contribution in [0.15, 0.2) is 17.5 Å². The van der Waals surface area contributed by atoms with Crippen molar-refractivity contribution in [1.82, 2.24) is 10.6 Å². The number of hydrogen-bond acceptors (Lipinski definition) is 4. The third-order valence-corrected chi connectivity index (χ3v) is 4.68. The van der Waals surface area contributed by atoms with Crippen LogP contribution >= 0.6 is 23.1 Å². The van der Waals surface area contributed by atoms with Gasteiger partial charge in [-0.1, -0.05) is 6.07 Å². The molecule has 0 saturated carbocycles. The molecule has 5 heteroatoms.